The second kappa shape index (κ2) is 4.72. The Morgan fingerprint density at radius 1 is 1.39 bits per heavy atom. The zero-order chi connectivity index (χ0) is 12.7. The van der Waals surface area contributed by atoms with Gasteiger partial charge >= 0.3 is 0 Å². The van der Waals surface area contributed by atoms with Crippen molar-refractivity contribution in [3.05, 3.63) is 28.3 Å². The minimum absolute atomic E-state index is 0.0620. The number of halogens is 1. The van der Waals surface area contributed by atoms with E-state index in [9.17, 15) is 0 Å². The lowest BCUT2D eigenvalue weighted by Gasteiger charge is -2.24. The van der Waals surface area contributed by atoms with Crippen LogP contribution in [-0.2, 0) is 11.2 Å². The number of hydrogen-bond acceptors (Lipinski definition) is 3. The third-order valence-corrected chi connectivity index (χ3v) is 4.25. The molecule has 2 heterocycles. The molecule has 1 aromatic carbocycles. The number of rotatable bonds is 2. The molecule has 0 aliphatic carbocycles. The van der Waals surface area contributed by atoms with Crippen LogP contribution < -0.4 is 10.5 Å². The summed E-state index contributed by atoms with van der Waals surface area (Å²) >= 11 is 6.17. The lowest BCUT2D eigenvalue weighted by atomic mass is 9.88. The van der Waals surface area contributed by atoms with E-state index >= 15 is 0 Å². The summed E-state index contributed by atoms with van der Waals surface area (Å²) < 4.78 is 11.3. The highest BCUT2D eigenvalue weighted by Gasteiger charge is 2.33. The first kappa shape index (κ1) is 12.3. The summed E-state index contributed by atoms with van der Waals surface area (Å²) in [6.07, 6.45) is 2.13. The van der Waals surface area contributed by atoms with Crippen molar-refractivity contribution in [1.82, 2.24) is 0 Å². The molecule has 2 aliphatic rings. The quantitative estimate of drug-likeness (QED) is 0.896. The Morgan fingerprint density at radius 3 is 2.94 bits per heavy atom. The van der Waals surface area contributed by atoms with Crippen LogP contribution >= 0.6 is 11.6 Å². The fourth-order valence-electron chi connectivity index (χ4n) is 3.00. The molecule has 2 N–H and O–H groups in total. The van der Waals surface area contributed by atoms with Gasteiger partial charge in [-0.15, -0.1) is 0 Å². The molecule has 2 aliphatic heterocycles. The van der Waals surface area contributed by atoms with Crippen molar-refractivity contribution in [1.29, 1.82) is 0 Å². The lowest BCUT2D eigenvalue weighted by molar-refractivity contribution is 0.0992. The largest absolute Gasteiger partial charge is 0.493 e. The molecule has 3 rings (SSSR count). The highest BCUT2D eigenvalue weighted by atomic mass is 35.5. The fraction of sp³-hybridized carbons (Fsp3) is 0.571. The van der Waals surface area contributed by atoms with Crippen molar-refractivity contribution in [3.63, 3.8) is 0 Å². The van der Waals surface area contributed by atoms with Crippen molar-refractivity contribution in [2.45, 2.75) is 31.9 Å². The van der Waals surface area contributed by atoms with E-state index in [4.69, 9.17) is 26.8 Å². The summed E-state index contributed by atoms with van der Waals surface area (Å²) in [4.78, 5) is 0. The van der Waals surface area contributed by atoms with E-state index in [1.807, 2.05) is 12.1 Å². The van der Waals surface area contributed by atoms with Crippen LogP contribution in [0.2, 0.25) is 5.02 Å². The zero-order valence-electron chi connectivity index (χ0n) is 10.5. The van der Waals surface area contributed by atoms with Gasteiger partial charge in [0.15, 0.2) is 0 Å². The second-order valence-corrected chi connectivity index (χ2v) is 5.57. The molecule has 1 aromatic rings. The maximum Gasteiger partial charge on any atom is 0.127 e. The van der Waals surface area contributed by atoms with Gasteiger partial charge < -0.3 is 15.2 Å². The van der Waals surface area contributed by atoms with Crippen LogP contribution in [0.5, 0.6) is 5.75 Å². The van der Waals surface area contributed by atoms with Crippen LogP contribution in [0.25, 0.3) is 0 Å². The first-order valence-corrected chi connectivity index (χ1v) is 6.87. The standard InChI is InChI=1S/C14H18ClNO2/c1-8-11(3-5-17-8)13(16)12-7-10(15)6-9-2-4-18-14(9)12/h6-8,11,13H,2-5,16H2,1H3. The lowest BCUT2D eigenvalue weighted by Crippen LogP contribution is -2.27. The third kappa shape index (κ3) is 2.00. The van der Waals surface area contributed by atoms with Gasteiger partial charge in [-0.3, -0.25) is 0 Å². The highest BCUT2D eigenvalue weighted by molar-refractivity contribution is 6.30. The van der Waals surface area contributed by atoms with Crippen molar-refractivity contribution in [3.8, 4) is 5.75 Å². The second-order valence-electron chi connectivity index (χ2n) is 5.14. The number of hydrogen-bond donors (Lipinski definition) is 1. The smallest absolute Gasteiger partial charge is 0.127 e. The molecule has 3 nitrogen and oxygen atoms in total. The van der Waals surface area contributed by atoms with Crippen molar-refractivity contribution >= 4 is 11.6 Å². The SMILES string of the molecule is CC1OCCC1C(N)c1cc(Cl)cc2c1OCC2. The average Bonchev–Trinajstić information content (AvgIpc) is 2.95. The molecule has 0 aromatic heterocycles. The van der Waals surface area contributed by atoms with E-state index in [1.54, 1.807) is 0 Å². The van der Waals surface area contributed by atoms with Crippen LogP contribution in [0.3, 0.4) is 0 Å². The number of ether oxygens (including phenoxy) is 2. The Balaban J connectivity index is 1.96. The third-order valence-electron chi connectivity index (χ3n) is 4.03. The molecule has 0 spiro atoms. The van der Waals surface area contributed by atoms with E-state index in [0.29, 0.717) is 5.92 Å². The summed E-state index contributed by atoms with van der Waals surface area (Å²) in [5.41, 5.74) is 8.63. The van der Waals surface area contributed by atoms with Crippen molar-refractivity contribution in [2.24, 2.45) is 11.7 Å². The maximum atomic E-state index is 6.41. The Bertz CT molecular complexity index is 463. The maximum absolute atomic E-state index is 6.41. The summed E-state index contributed by atoms with van der Waals surface area (Å²) in [5, 5.41) is 0.747. The average molecular weight is 268 g/mol. The Labute approximate surface area is 112 Å². The Morgan fingerprint density at radius 2 is 2.22 bits per heavy atom. The molecule has 1 fully saturated rings. The van der Waals surface area contributed by atoms with Crippen molar-refractivity contribution in [2.75, 3.05) is 13.2 Å². The summed E-state index contributed by atoms with van der Waals surface area (Å²) in [6.45, 7) is 3.61. The Kier molecular flexibility index (Phi) is 3.22. The zero-order valence-corrected chi connectivity index (χ0v) is 11.2. The number of benzene rings is 1. The van der Waals surface area contributed by atoms with Gasteiger partial charge in [-0.25, -0.2) is 0 Å². The summed E-state index contributed by atoms with van der Waals surface area (Å²) in [5.74, 6) is 1.29. The molecule has 4 heteroatoms. The van der Waals surface area contributed by atoms with Gasteiger partial charge in [-0.2, -0.15) is 0 Å². The molecular formula is C14H18ClNO2. The predicted octanol–water partition coefficient (Wildman–Crippen LogP) is 2.70. The summed E-state index contributed by atoms with van der Waals surface area (Å²) in [7, 11) is 0. The highest BCUT2D eigenvalue weighted by Crippen LogP contribution is 2.40. The van der Waals surface area contributed by atoms with E-state index in [1.165, 1.54) is 5.56 Å². The van der Waals surface area contributed by atoms with E-state index < -0.39 is 0 Å². The molecule has 98 valence electrons. The first-order valence-electron chi connectivity index (χ1n) is 6.49. The van der Waals surface area contributed by atoms with Gasteiger partial charge in [-0.05, 0) is 31.0 Å². The molecule has 0 bridgehead atoms. The van der Waals surface area contributed by atoms with E-state index in [2.05, 4.69) is 6.92 Å². The normalized spacial score (nSPS) is 27.9. The fourth-order valence-corrected chi connectivity index (χ4v) is 3.25. The van der Waals surface area contributed by atoms with E-state index in [-0.39, 0.29) is 12.1 Å². The van der Waals surface area contributed by atoms with Crippen LogP contribution in [0.4, 0.5) is 0 Å². The molecule has 3 unspecified atom stereocenters. The molecule has 18 heavy (non-hydrogen) atoms. The first-order chi connectivity index (χ1) is 8.66. The molecule has 3 atom stereocenters. The minimum atomic E-state index is -0.0620. The Hall–Kier alpha value is -0.770. The number of fused-ring (bicyclic) bond motifs is 1. The summed E-state index contributed by atoms with van der Waals surface area (Å²) in [6, 6.07) is 3.86. The molecule has 1 saturated heterocycles. The topological polar surface area (TPSA) is 44.5 Å². The van der Waals surface area contributed by atoms with Crippen LogP contribution in [0.1, 0.15) is 30.5 Å². The minimum Gasteiger partial charge on any atom is -0.493 e. The van der Waals surface area contributed by atoms with Crippen LogP contribution in [0, 0.1) is 5.92 Å². The molecular weight excluding hydrogens is 250 g/mol. The van der Waals surface area contributed by atoms with Crippen LogP contribution in [-0.4, -0.2) is 19.3 Å². The van der Waals surface area contributed by atoms with Gasteiger partial charge in [-0.1, -0.05) is 11.6 Å². The molecule has 0 radical (unpaired) electrons. The monoisotopic (exact) mass is 267 g/mol. The van der Waals surface area contributed by atoms with Crippen molar-refractivity contribution < 1.29 is 9.47 Å². The van der Waals surface area contributed by atoms with Gasteiger partial charge in [0.1, 0.15) is 5.75 Å². The van der Waals surface area contributed by atoms with E-state index in [0.717, 1.165) is 42.4 Å². The molecule has 0 saturated carbocycles. The van der Waals surface area contributed by atoms with Crippen LogP contribution in [0.15, 0.2) is 12.1 Å². The van der Waals surface area contributed by atoms with Gasteiger partial charge in [0.2, 0.25) is 0 Å². The van der Waals surface area contributed by atoms with Gasteiger partial charge in [0.25, 0.3) is 0 Å². The predicted molar refractivity (Wildman–Crippen MR) is 71.1 cm³/mol. The number of nitrogens with two attached hydrogens (primary N) is 1. The van der Waals surface area contributed by atoms with Gasteiger partial charge in [0.05, 0.1) is 12.7 Å². The molecule has 0 amide bonds. The van der Waals surface area contributed by atoms with Gasteiger partial charge in [0, 0.05) is 35.6 Å².